The fraction of sp³-hybridized carbons (Fsp3) is 0.348. The zero-order valence-corrected chi connectivity index (χ0v) is 16.3. The van der Waals surface area contributed by atoms with Gasteiger partial charge in [-0.15, -0.1) is 0 Å². The lowest BCUT2D eigenvalue weighted by atomic mass is 10.0. The molecule has 1 amide bonds. The van der Waals surface area contributed by atoms with Crippen molar-refractivity contribution in [3.8, 4) is 0 Å². The van der Waals surface area contributed by atoms with Crippen molar-refractivity contribution >= 4 is 16.8 Å². The Hall–Kier alpha value is -2.63. The number of benzene rings is 2. The Balaban J connectivity index is 1.50. The first-order valence-electron chi connectivity index (χ1n) is 9.91. The third-order valence-electron chi connectivity index (χ3n) is 5.45. The molecule has 5 nitrogen and oxygen atoms in total. The molecule has 2 N–H and O–H groups in total. The van der Waals surface area contributed by atoms with Gasteiger partial charge >= 0.3 is 0 Å². The smallest absolute Gasteiger partial charge is 0.225 e. The molecule has 146 valence electrons. The van der Waals surface area contributed by atoms with Crippen LogP contribution in [-0.2, 0) is 16.0 Å². The Morgan fingerprint density at radius 2 is 1.82 bits per heavy atom. The number of morpholine rings is 1. The second kappa shape index (κ2) is 8.59. The largest absolute Gasteiger partial charge is 0.379 e. The topological polar surface area (TPSA) is 57.4 Å². The molecular formula is C23H27N3O2. The zero-order chi connectivity index (χ0) is 19.3. The van der Waals surface area contributed by atoms with E-state index >= 15 is 0 Å². The van der Waals surface area contributed by atoms with Crippen molar-refractivity contribution in [2.24, 2.45) is 0 Å². The number of rotatable bonds is 6. The number of hydrogen-bond acceptors (Lipinski definition) is 3. The van der Waals surface area contributed by atoms with E-state index in [-0.39, 0.29) is 11.9 Å². The minimum Gasteiger partial charge on any atom is -0.379 e. The molecular weight excluding hydrogens is 350 g/mol. The molecule has 4 rings (SSSR count). The Bertz CT molecular complexity index is 929. The van der Waals surface area contributed by atoms with Crippen LogP contribution in [0.5, 0.6) is 0 Å². The maximum absolute atomic E-state index is 13.0. The van der Waals surface area contributed by atoms with Crippen LogP contribution in [0.1, 0.15) is 22.9 Å². The average Bonchev–Trinajstić information content (AvgIpc) is 3.04. The van der Waals surface area contributed by atoms with Gasteiger partial charge in [0.1, 0.15) is 0 Å². The Morgan fingerprint density at radius 1 is 1.11 bits per heavy atom. The highest BCUT2D eigenvalue weighted by molar-refractivity contribution is 5.90. The summed E-state index contributed by atoms with van der Waals surface area (Å²) in [6.07, 6.45) is 0.377. The van der Waals surface area contributed by atoms with E-state index in [1.165, 1.54) is 0 Å². The lowest BCUT2D eigenvalue weighted by molar-refractivity contribution is -0.121. The lowest BCUT2D eigenvalue weighted by Crippen LogP contribution is -2.43. The predicted molar refractivity (Wildman–Crippen MR) is 111 cm³/mol. The van der Waals surface area contributed by atoms with Crippen LogP contribution in [0.3, 0.4) is 0 Å². The molecule has 0 saturated carbocycles. The fourth-order valence-corrected chi connectivity index (χ4v) is 3.93. The summed E-state index contributed by atoms with van der Waals surface area (Å²) in [5, 5.41) is 4.40. The number of aryl methyl sites for hydroxylation is 1. The van der Waals surface area contributed by atoms with Crippen molar-refractivity contribution in [3.05, 3.63) is 71.4 Å². The van der Waals surface area contributed by atoms with Crippen LogP contribution < -0.4 is 5.32 Å². The average molecular weight is 377 g/mol. The van der Waals surface area contributed by atoms with Crippen LogP contribution in [0.25, 0.3) is 10.9 Å². The number of nitrogens with one attached hydrogen (secondary N) is 2. The van der Waals surface area contributed by atoms with Crippen molar-refractivity contribution in [3.63, 3.8) is 0 Å². The van der Waals surface area contributed by atoms with Gasteiger partial charge < -0.3 is 15.0 Å². The van der Waals surface area contributed by atoms with Crippen molar-refractivity contribution in [1.82, 2.24) is 15.2 Å². The van der Waals surface area contributed by atoms with E-state index in [2.05, 4.69) is 39.5 Å². The van der Waals surface area contributed by atoms with Gasteiger partial charge in [0.15, 0.2) is 0 Å². The highest BCUT2D eigenvalue weighted by Gasteiger charge is 2.21. The number of hydrogen-bond donors (Lipinski definition) is 2. The summed E-state index contributed by atoms with van der Waals surface area (Å²) >= 11 is 0. The second-order valence-corrected chi connectivity index (χ2v) is 7.39. The van der Waals surface area contributed by atoms with Crippen LogP contribution in [0.15, 0.2) is 54.6 Å². The predicted octanol–water partition coefficient (Wildman–Crippen LogP) is 3.21. The van der Waals surface area contributed by atoms with E-state index < -0.39 is 0 Å². The maximum atomic E-state index is 13.0. The van der Waals surface area contributed by atoms with Crippen molar-refractivity contribution in [1.29, 1.82) is 0 Å². The molecule has 5 heteroatoms. The van der Waals surface area contributed by atoms with E-state index in [0.717, 1.165) is 60.6 Å². The minimum absolute atomic E-state index is 0.0303. The van der Waals surface area contributed by atoms with Gasteiger partial charge in [0, 0.05) is 36.2 Å². The summed E-state index contributed by atoms with van der Waals surface area (Å²) in [5.74, 6) is 0.0509. The number of para-hydroxylation sites is 1. The minimum atomic E-state index is -0.0303. The van der Waals surface area contributed by atoms with E-state index in [1.54, 1.807) is 0 Å². The number of ether oxygens (including phenoxy) is 1. The van der Waals surface area contributed by atoms with Gasteiger partial charge in [0.2, 0.25) is 5.91 Å². The van der Waals surface area contributed by atoms with Gasteiger partial charge in [0.05, 0.1) is 25.7 Å². The first-order valence-corrected chi connectivity index (χ1v) is 9.91. The standard InChI is InChI=1S/C23H27N3O2/c1-17-20(19-9-5-6-10-21(19)24-17)15-23(27)25-22(18-7-3-2-4-8-18)16-26-11-13-28-14-12-26/h2-10,22,24H,11-16H2,1H3,(H,25,27). The first kappa shape index (κ1) is 18.7. The molecule has 0 radical (unpaired) electrons. The monoisotopic (exact) mass is 377 g/mol. The third-order valence-corrected chi connectivity index (χ3v) is 5.45. The fourth-order valence-electron chi connectivity index (χ4n) is 3.93. The van der Waals surface area contributed by atoms with Crippen LogP contribution in [0, 0.1) is 6.92 Å². The molecule has 1 aromatic heterocycles. The van der Waals surface area contributed by atoms with Gasteiger partial charge in [-0.25, -0.2) is 0 Å². The molecule has 1 fully saturated rings. The van der Waals surface area contributed by atoms with Gasteiger partial charge in [-0.1, -0.05) is 48.5 Å². The van der Waals surface area contributed by atoms with Crippen molar-refractivity contribution in [2.45, 2.75) is 19.4 Å². The number of carbonyl (C=O) groups is 1. The molecule has 1 unspecified atom stereocenters. The van der Waals surface area contributed by atoms with E-state index in [0.29, 0.717) is 6.42 Å². The molecule has 0 bridgehead atoms. The van der Waals surface area contributed by atoms with E-state index in [4.69, 9.17) is 4.74 Å². The highest BCUT2D eigenvalue weighted by Crippen LogP contribution is 2.23. The summed E-state index contributed by atoms with van der Waals surface area (Å²) in [6.45, 7) is 6.15. The molecule has 28 heavy (non-hydrogen) atoms. The summed E-state index contributed by atoms with van der Waals surface area (Å²) in [4.78, 5) is 18.7. The summed E-state index contributed by atoms with van der Waals surface area (Å²) in [7, 11) is 0. The van der Waals surface area contributed by atoms with Gasteiger partial charge in [-0.05, 0) is 24.1 Å². The number of nitrogens with zero attached hydrogens (tertiary/aromatic N) is 1. The van der Waals surface area contributed by atoms with E-state index in [1.807, 2.05) is 37.3 Å². The highest BCUT2D eigenvalue weighted by atomic mass is 16.5. The molecule has 0 aliphatic carbocycles. The number of carbonyl (C=O) groups excluding carboxylic acids is 1. The molecule has 2 heterocycles. The molecule has 2 aromatic carbocycles. The third kappa shape index (κ3) is 4.26. The normalized spacial score (nSPS) is 16.2. The summed E-state index contributed by atoms with van der Waals surface area (Å²) < 4.78 is 5.46. The van der Waals surface area contributed by atoms with Crippen LogP contribution in [-0.4, -0.2) is 48.6 Å². The lowest BCUT2D eigenvalue weighted by Gasteiger charge is -2.31. The number of H-pyrrole nitrogens is 1. The van der Waals surface area contributed by atoms with Crippen molar-refractivity contribution < 1.29 is 9.53 Å². The molecule has 1 atom stereocenters. The quantitative estimate of drug-likeness (QED) is 0.694. The van der Waals surface area contributed by atoms with Crippen LogP contribution >= 0.6 is 0 Å². The molecule has 1 aliphatic rings. The number of amides is 1. The Kier molecular flexibility index (Phi) is 5.74. The van der Waals surface area contributed by atoms with Gasteiger partial charge in [-0.2, -0.15) is 0 Å². The Morgan fingerprint density at radius 3 is 2.61 bits per heavy atom. The number of fused-ring (bicyclic) bond motifs is 1. The number of aromatic nitrogens is 1. The second-order valence-electron chi connectivity index (χ2n) is 7.39. The van der Waals surface area contributed by atoms with Crippen molar-refractivity contribution in [2.75, 3.05) is 32.8 Å². The van der Waals surface area contributed by atoms with E-state index in [9.17, 15) is 4.79 Å². The molecule has 3 aromatic rings. The molecule has 1 aliphatic heterocycles. The van der Waals surface area contributed by atoms with Gasteiger partial charge in [-0.3, -0.25) is 9.69 Å². The zero-order valence-electron chi connectivity index (χ0n) is 16.3. The summed E-state index contributed by atoms with van der Waals surface area (Å²) in [6, 6.07) is 18.3. The Labute approximate surface area is 165 Å². The summed E-state index contributed by atoms with van der Waals surface area (Å²) in [5.41, 5.74) is 4.35. The first-order chi connectivity index (χ1) is 13.7. The molecule has 1 saturated heterocycles. The van der Waals surface area contributed by atoms with Crippen LogP contribution in [0.4, 0.5) is 0 Å². The molecule has 0 spiro atoms. The number of aromatic amines is 1. The van der Waals surface area contributed by atoms with Crippen LogP contribution in [0.2, 0.25) is 0 Å². The van der Waals surface area contributed by atoms with Gasteiger partial charge in [0.25, 0.3) is 0 Å². The maximum Gasteiger partial charge on any atom is 0.225 e. The SMILES string of the molecule is Cc1[nH]c2ccccc2c1CC(=O)NC(CN1CCOCC1)c1ccccc1.